The molecule has 5 nitrogen and oxygen atoms in total. The van der Waals surface area contributed by atoms with E-state index in [0.29, 0.717) is 17.4 Å². The highest BCUT2D eigenvalue weighted by Gasteiger charge is 2.26. The van der Waals surface area contributed by atoms with Gasteiger partial charge in [0.25, 0.3) is 5.91 Å². The van der Waals surface area contributed by atoms with Gasteiger partial charge in [0.2, 0.25) is 6.10 Å². The Balaban J connectivity index is 1.56. The third-order valence-corrected chi connectivity index (χ3v) is 3.79. The minimum Gasteiger partial charge on any atom is -0.485 e. The molecule has 0 saturated heterocycles. The van der Waals surface area contributed by atoms with E-state index < -0.39 is 6.10 Å². The van der Waals surface area contributed by atoms with Gasteiger partial charge in [-0.15, -0.1) is 0 Å². The summed E-state index contributed by atoms with van der Waals surface area (Å²) in [5.41, 5.74) is 4.68. The molecule has 1 aliphatic rings. The van der Waals surface area contributed by atoms with Crippen molar-refractivity contribution >= 4 is 12.1 Å². The maximum atomic E-state index is 12.1. The highest BCUT2D eigenvalue weighted by molar-refractivity contribution is 5.85. The van der Waals surface area contributed by atoms with Crippen LogP contribution in [0.5, 0.6) is 11.5 Å². The average molecular weight is 324 g/mol. The molecule has 0 radical (unpaired) electrons. The summed E-state index contributed by atoms with van der Waals surface area (Å²) < 4.78 is 11.1. The lowest BCUT2D eigenvalue weighted by atomic mass is 10.0. The van der Waals surface area contributed by atoms with E-state index in [-0.39, 0.29) is 12.5 Å². The van der Waals surface area contributed by atoms with E-state index in [1.165, 1.54) is 5.56 Å². The summed E-state index contributed by atoms with van der Waals surface area (Å²) in [6, 6.07) is 15.3. The zero-order valence-corrected chi connectivity index (χ0v) is 13.7. The lowest BCUT2D eigenvalue weighted by Gasteiger charge is -2.24. The van der Waals surface area contributed by atoms with Crippen LogP contribution in [0.15, 0.2) is 53.6 Å². The van der Waals surface area contributed by atoms with Gasteiger partial charge in [-0.3, -0.25) is 4.79 Å². The van der Waals surface area contributed by atoms with Crippen LogP contribution in [0.1, 0.15) is 30.9 Å². The van der Waals surface area contributed by atoms with Crippen LogP contribution in [0, 0.1) is 0 Å². The van der Waals surface area contributed by atoms with Gasteiger partial charge in [-0.2, -0.15) is 5.10 Å². The number of ether oxygens (including phenoxy) is 2. The van der Waals surface area contributed by atoms with Gasteiger partial charge in [-0.05, 0) is 29.2 Å². The number of hydrazone groups is 1. The summed E-state index contributed by atoms with van der Waals surface area (Å²) in [4.78, 5) is 12.1. The first kappa shape index (κ1) is 16.1. The van der Waals surface area contributed by atoms with E-state index in [1.807, 2.05) is 30.3 Å². The third kappa shape index (κ3) is 3.74. The number of carbonyl (C=O) groups excluding carboxylic acids is 1. The predicted octanol–water partition coefficient (Wildman–Crippen LogP) is 3.10. The van der Waals surface area contributed by atoms with E-state index >= 15 is 0 Å². The number of nitrogens with one attached hydrogen (secondary N) is 1. The smallest absolute Gasteiger partial charge is 0.284 e. The summed E-state index contributed by atoms with van der Waals surface area (Å²) in [6.07, 6.45) is 0.903. The Hall–Kier alpha value is -2.82. The van der Waals surface area contributed by atoms with Crippen molar-refractivity contribution in [3.05, 3.63) is 59.7 Å². The molecular weight excluding hydrogens is 304 g/mol. The maximum absolute atomic E-state index is 12.1. The molecule has 2 aromatic carbocycles. The van der Waals surface area contributed by atoms with Gasteiger partial charge in [0.05, 0.1) is 6.21 Å². The topological polar surface area (TPSA) is 59.9 Å². The van der Waals surface area contributed by atoms with Gasteiger partial charge in [0.1, 0.15) is 6.61 Å². The van der Waals surface area contributed by atoms with Gasteiger partial charge < -0.3 is 9.47 Å². The fraction of sp³-hybridized carbons (Fsp3) is 0.263. The quantitative estimate of drug-likeness (QED) is 0.694. The van der Waals surface area contributed by atoms with Crippen LogP contribution < -0.4 is 14.9 Å². The van der Waals surface area contributed by atoms with E-state index in [9.17, 15) is 4.79 Å². The molecule has 5 heteroatoms. The van der Waals surface area contributed by atoms with Crippen LogP contribution in [0.4, 0.5) is 0 Å². The molecule has 1 heterocycles. The number of amides is 1. The number of nitrogens with zero attached hydrogens (tertiary/aromatic N) is 1. The highest BCUT2D eigenvalue weighted by atomic mass is 16.6. The fourth-order valence-electron chi connectivity index (χ4n) is 2.36. The average Bonchev–Trinajstić information content (AvgIpc) is 2.61. The van der Waals surface area contributed by atoms with Crippen LogP contribution in [-0.4, -0.2) is 24.8 Å². The van der Waals surface area contributed by atoms with Crippen molar-refractivity contribution in [3.63, 3.8) is 0 Å². The lowest BCUT2D eigenvalue weighted by molar-refractivity contribution is -0.130. The van der Waals surface area contributed by atoms with E-state index in [0.717, 1.165) is 5.56 Å². The molecule has 0 aromatic heterocycles. The zero-order chi connectivity index (χ0) is 16.9. The number of benzene rings is 2. The van der Waals surface area contributed by atoms with Gasteiger partial charge in [-0.1, -0.05) is 50.2 Å². The largest absolute Gasteiger partial charge is 0.485 e. The molecular formula is C19H20N2O3. The Morgan fingerprint density at radius 3 is 2.58 bits per heavy atom. The van der Waals surface area contributed by atoms with Crippen molar-refractivity contribution < 1.29 is 14.3 Å². The molecule has 0 saturated carbocycles. The molecule has 2 aromatic rings. The summed E-state index contributed by atoms with van der Waals surface area (Å²) in [6.45, 7) is 4.46. The Labute approximate surface area is 141 Å². The molecule has 0 fully saturated rings. The first-order valence-corrected chi connectivity index (χ1v) is 7.95. The van der Waals surface area contributed by atoms with Crippen LogP contribution >= 0.6 is 0 Å². The molecule has 1 aliphatic heterocycles. The second-order valence-corrected chi connectivity index (χ2v) is 5.92. The Morgan fingerprint density at radius 2 is 1.88 bits per heavy atom. The molecule has 1 atom stereocenters. The second kappa shape index (κ2) is 7.17. The summed E-state index contributed by atoms with van der Waals surface area (Å²) in [7, 11) is 0. The molecule has 0 spiro atoms. The van der Waals surface area contributed by atoms with Crippen LogP contribution in [0.2, 0.25) is 0 Å². The number of rotatable bonds is 4. The van der Waals surface area contributed by atoms with Crippen LogP contribution in [-0.2, 0) is 4.79 Å². The van der Waals surface area contributed by atoms with Gasteiger partial charge >= 0.3 is 0 Å². The van der Waals surface area contributed by atoms with Crippen molar-refractivity contribution in [2.24, 2.45) is 5.10 Å². The van der Waals surface area contributed by atoms with Crippen molar-refractivity contribution in [1.29, 1.82) is 0 Å². The summed E-state index contributed by atoms with van der Waals surface area (Å²) in [5, 5.41) is 3.99. The minimum absolute atomic E-state index is 0.168. The second-order valence-electron chi connectivity index (χ2n) is 5.92. The van der Waals surface area contributed by atoms with Crippen molar-refractivity contribution in [3.8, 4) is 11.5 Å². The van der Waals surface area contributed by atoms with Gasteiger partial charge in [0.15, 0.2) is 11.5 Å². The first-order valence-electron chi connectivity index (χ1n) is 7.95. The van der Waals surface area contributed by atoms with Crippen molar-refractivity contribution in [1.82, 2.24) is 5.43 Å². The molecule has 124 valence electrons. The summed E-state index contributed by atoms with van der Waals surface area (Å²) >= 11 is 0. The molecule has 1 amide bonds. The van der Waals surface area contributed by atoms with Gasteiger partial charge in [0, 0.05) is 0 Å². The first-order chi connectivity index (χ1) is 11.6. The molecule has 0 aliphatic carbocycles. The number of hydrogen-bond donors (Lipinski definition) is 1. The number of fused-ring (bicyclic) bond motifs is 1. The Kier molecular flexibility index (Phi) is 4.79. The molecule has 0 bridgehead atoms. The number of hydrogen-bond acceptors (Lipinski definition) is 4. The van der Waals surface area contributed by atoms with E-state index in [4.69, 9.17) is 9.47 Å². The number of carbonyl (C=O) groups is 1. The zero-order valence-electron chi connectivity index (χ0n) is 13.7. The normalized spacial score (nSPS) is 16.4. The standard InChI is InChI=1S/C19H20N2O3/c1-13(2)15-9-7-14(8-10-15)11-20-21-19(22)18-12-23-16-5-3-4-6-17(16)24-18/h3-11,13,18H,12H2,1-2H3,(H,21,22)/b20-11+. The van der Waals surface area contributed by atoms with Crippen LogP contribution in [0.25, 0.3) is 0 Å². The fourth-order valence-corrected chi connectivity index (χ4v) is 2.36. The van der Waals surface area contributed by atoms with E-state index in [2.05, 4.69) is 36.5 Å². The lowest BCUT2D eigenvalue weighted by Crippen LogP contribution is -2.42. The molecule has 3 rings (SSSR count). The number of para-hydroxylation sites is 2. The molecule has 24 heavy (non-hydrogen) atoms. The maximum Gasteiger partial charge on any atom is 0.284 e. The Morgan fingerprint density at radius 1 is 1.17 bits per heavy atom. The highest BCUT2D eigenvalue weighted by Crippen LogP contribution is 2.30. The molecule has 1 N–H and O–H groups in total. The van der Waals surface area contributed by atoms with Crippen LogP contribution in [0.3, 0.4) is 0 Å². The van der Waals surface area contributed by atoms with Gasteiger partial charge in [-0.25, -0.2) is 5.43 Å². The van der Waals surface area contributed by atoms with E-state index in [1.54, 1.807) is 12.3 Å². The third-order valence-electron chi connectivity index (χ3n) is 3.79. The molecule has 1 unspecified atom stereocenters. The predicted molar refractivity (Wildman–Crippen MR) is 92.6 cm³/mol. The van der Waals surface area contributed by atoms with Crippen molar-refractivity contribution in [2.45, 2.75) is 25.9 Å². The minimum atomic E-state index is -0.708. The Bertz CT molecular complexity index is 739. The van der Waals surface area contributed by atoms with Crippen molar-refractivity contribution in [2.75, 3.05) is 6.61 Å². The summed E-state index contributed by atoms with van der Waals surface area (Å²) in [5.74, 6) is 1.37. The SMILES string of the molecule is CC(C)c1ccc(/C=N/NC(=O)C2COc3ccccc3O2)cc1. The monoisotopic (exact) mass is 324 g/mol.